The second kappa shape index (κ2) is 5.82. The van der Waals surface area contributed by atoms with Gasteiger partial charge in [-0.3, -0.25) is 9.36 Å². The quantitative estimate of drug-likeness (QED) is 0.787. The van der Waals surface area contributed by atoms with E-state index < -0.39 is 0 Å². The van der Waals surface area contributed by atoms with E-state index in [9.17, 15) is 0 Å². The van der Waals surface area contributed by atoms with Crippen LogP contribution in [0.15, 0.2) is 18.5 Å². The summed E-state index contributed by atoms with van der Waals surface area (Å²) < 4.78 is 4.01. The summed E-state index contributed by atoms with van der Waals surface area (Å²) in [7, 11) is 0. The summed E-state index contributed by atoms with van der Waals surface area (Å²) in [6, 6.07) is 2.13. The number of nitrogens with zero attached hydrogens (tertiary/aromatic N) is 4. The Balaban J connectivity index is 1.78. The molecular weight excluding hydrogens is 226 g/mol. The van der Waals surface area contributed by atoms with Crippen LogP contribution in [0.25, 0.3) is 0 Å². The number of aromatic nitrogens is 4. The van der Waals surface area contributed by atoms with Gasteiger partial charge in [0.1, 0.15) is 0 Å². The molecule has 2 heterocycles. The van der Waals surface area contributed by atoms with Crippen molar-refractivity contribution in [3.8, 4) is 0 Å². The largest absolute Gasteiger partial charge is 0.309 e. The van der Waals surface area contributed by atoms with E-state index in [0.717, 1.165) is 31.9 Å². The lowest BCUT2D eigenvalue weighted by Gasteiger charge is -2.06. The Morgan fingerprint density at radius 1 is 1.33 bits per heavy atom. The molecule has 0 saturated carbocycles. The molecule has 0 unspecified atom stereocenters. The van der Waals surface area contributed by atoms with Gasteiger partial charge >= 0.3 is 0 Å². The molecule has 5 nitrogen and oxygen atoms in total. The molecule has 0 aliphatic heterocycles. The molecule has 0 fully saturated rings. The molecular formula is C13H21N5. The molecule has 2 aromatic heterocycles. The van der Waals surface area contributed by atoms with Crippen LogP contribution >= 0.6 is 0 Å². The first kappa shape index (κ1) is 12.8. The summed E-state index contributed by atoms with van der Waals surface area (Å²) in [5.41, 5.74) is 3.53. The van der Waals surface area contributed by atoms with Crippen molar-refractivity contribution in [3.63, 3.8) is 0 Å². The van der Waals surface area contributed by atoms with E-state index in [0.29, 0.717) is 0 Å². The molecule has 0 atom stereocenters. The molecule has 0 bridgehead atoms. The molecule has 0 aliphatic carbocycles. The highest BCUT2D eigenvalue weighted by molar-refractivity contribution is 5.08. The van der Waals surface area contributed by atoms with E-state index in [4.69, 9.17) is 0 Å². The van der Waals surface area contributed by atoms with E-state index in [1.165, 1.54) is 11.3 Å². The molecule has 0 spiro atoms. The van der Waals surface area contributed by atoms with Crippen LogP contribution in [0.3, 0.4) is 0 Å². The van der Waals surface area contributed by atoms with Gasteiger partial charge < -0.3 is 5.32 Å². The molecule has 0 saturated heterocycles. The summed E-state index contributed by atoms with van der Waals surface area (Å²) in [5, 5.41) is 12.1. The molecule has 0 aromatic carbocycles. The number of rotatable bonds is 6. The molecule has 1 N–H and O–H groups in total. The fourth-order valence-electron chi connectivity index (χ4n) is 2.01. The van der Waals surface area contributed by atoms with Gasteiger partial charge in [-0.2, -0.15) is 10.2 Å². The molecule has 0 aliphatic rings. The van der Waals surface area contributed by atoms with Gasteiger partial charge in [-0.05, 0) is 32.4 Å². The van der Waals surface area contributed by atoms with Crippen LogP contribution in [0, 0.1) is 13.8 Å². The Morgan fingerprint density at radius 2 is 2.17 bits per heavy atom. The van der Waals surface area contributed by atoms with Gasteiger partial charge in [-0.15, -0.1) is 0 Å². The average molecular weight is 247 g/mol. The summed E-state index contributed by atoms with van der Waals surface area (Å²) in [6.45, 7) is 9.78. The summed E-state index contributed by atoms with van der Waals surface area (Å²) in [6.07, 6.45) is 3.94. The smallest absolute Gasteiger partial charge is 0.0597 e. The Bertz CT molecular complexity index is 497. The minimum Gasteiger partial charge on any atom is -0.309 e. The van der Waals surface area contributed by atoms with Crippen LogP contribution in [0.4, 0.5) is 0 Å². The predicted octanol–water partition coefficient (Wildman–Crippen LogP) is 1.51. The van der Waals surface area contributed by atoms with E-state index in [1.807, 2.05) is 22.5 Å². The SMILES string of the molecule is CCn1nc(C)cc1CNCCn1cc(C)cn1. The fourth-order valence-corrected chi connectivity index (χ4v) is 2.01. The van der Waals surface area contributed by atoms with Crippen molar-refractivity contribution in [2.75, 3.05) is 6.54 Å². The van der Waals surface area contributed by atoms with Crippen molar-refractivity contribution in [2.24, 2.45) is 0 Å². The standard InChI is InChI=1S/C13H21N5/c1-4-18-13(7-12(3)16-18)9-14-5-6-17-10-11(2)8-15-17/h7-8,10,14H,4-6,9H2,1-3H3. The van der Waals surface area contributed by atoms with E-state index in [2.05, 4.69) is 41.6 Å². The highest BCUT2D eigenvalue weighted by atomic mass is 15.3. The van der Waals surface area contributed by atoms with Crippen molar-refractivity contribution in [1.29, 1.82) is 0 Å². The Kier molecular flexibility index (Phi) is 4.15. The van der Waals surface area contributed by atoms with Crippen LogP contribution in [0.1, 0.15) is 23.9 Å². The maximum atomic E-state index is 4.43. The maximum Gasteiger partial charge on any atom is 0.0597 e. The van der Waals surface area contributed by atoms with E-state index in [-0.39, 0.29) is 0 Å². The normalized spacial score (nSPS) is 11.1. The molecule has 2 aromatic rings. The predicted molar refractivity (Wildman–Crippen MR) is 71.3 cm³/mol. The summed E-state index contributed by atoms with van der Waals surface area (Å²) >= 11 is 0. The lowest BCUT2D eigenvalue weighted by atomic mass is 10.3. The number of aryl methyl sites for hydroxylation is 3. The Labute approximate surface area is 108 Å². The zero-order valence-electron chi connectivity index (χ0n) is 11.3. The van der Waals surface area contributed by atoms with Gasteiger partial charge in [-0.25, -0.2) is 0 Å². The second-order valence-electron chi connectivity index (χ2n) is 4.55. The van der Waals surface area contributed by atoms with E-state index in [1.54, 1.807) is 0 Å². The Morgan fingerprint density at radius 3 is 2.83 bits per heavy atom. The van der Waals surface area contributed by atoms with Crippen LogP contribution in [0.5, 0.6) is 0 Å². The van der Waals surface area contributed by atoms with Crippen molar-refractivity contribution in [1.82, 2.24) is 24.9 Å². The molecule has 18 heavy (non-hydrogen) atoms. The third kappa shape index (κ3) is 3.20. The van der Waals surface area contributed by atoms with Crippen molar-refractivity contribution >= 4 is 0 Å². The van der Waals surface area contributed by atoms with Gasteiger partial charge in [0, 0.05) is 25.8 Å². The highest BCUT2D eigenvalue weighted by Crippen LogP contribution is 2.03. The molecule has 0 radical (unpaired) electrons. The average Bonchev–Trinajstić information content (AvgIpc) is 2.91. The third-order valence-corrected chi connectivity index (χ3v) is 2.87. The first-order valence-corrected chi connectivity index (χ1v) is 6.42. The number of nitrogens with one attached hydrogen (secondary N) is 1. The van der Waals surface area contributed by atoms with Gasteiger partial charge in [0.15, 0.2) is 0 Å². The lowest BCUT2D eigenvalue weighted by Crippen LogP contribution is -2.21. The topological polar surface area (TPSA) is 47.7 Å². The summed E-state index contributed by atoms with van der Waals surface area (Å²) in [4.78, 5) is 0. The highest BCUT2D eigenvalue weighted by Gasteiger charge is 2.03. The van der Waals surface area contributed by atoms with Crippen molar-refractivity contribution in [2.45, 2.75) is 40.4 Å². The monoisotopic (exact) mass is 247 g/mol. The van der Waals surface area contributed by atoms with Gasteiger partial charge in [0.2, 0.25) is 0 Å². The fraction of sp³-hybridized carbons (Fsp3) is 0.538. The second-order valence-corrected chi connectivity index (χ2v) is 4.55. The lowest BCUT2D eigenvalue weighted by molar-refractivity contribution is 0.531. The third-order valence-electron chi connectivity index (χ3n) is 2.87. The number of hydrogen-bond acceptors (Lipinski definition) is 3. The van der Waals surface area contributed by atoms with E-state index >= 15 is 0 Å². The van der Waals surface area contributed by atoms with Crippen LogP contribution in [-0.2, 0) is 19.6 Å². The molecule has 0 amide bonds. The minimum absolute atomic E-state index is 0.856. The first-order valence-electron chi connectivity index (χ1n) is 6.42. The van der Waals surface area contributed by atoms with Gasteiger partial charge in [-0.1, -0.05) is 0 Å². The van der Waals surface area contributed by atoms with Crippen LogP contribution in [0.2, 0.25) is 0 Å². The van der Waals surface area contributed by atoms with Crippen LogP contribution < -0.4 is 5.32 Å². The minimum atomic E-state index is 0.856. The van der Waals surface area contributed by atoms with Crippen molar-refractivity contribution < 1.29 is 0 Å². The molecule has 98 valence electrons. The Hall–Kier alpha value is -1.62. The zero-order chi connectivity index (χ0) is 13.0. The summed E-state index contributed by atoms with van der Waals surface area (Å²) in [5.74, 6) is 0. The van der Waals surface area contributed by atoms with Gasteiger partial charge in [0.05, 0.1) is 24.1 Å². The van der Waals surface area contributed by atoms with Crippen molar-refractivity contribution in [3.05, 3.63) is 35.4 Å². The molecule has 5 heteroatoms. The zero-order valence-corrected chi connectivity index (χ0v) is 11.3. The maximum absolute atomic E-state index is 4.43. The first-order chi connectivity index (χ1) is 8.69. The molecule has 2 rings (SSSR count). The number of hydrogen-bond donors (Lipinski definition) is 1. The van der Waals surface area contributed by atoms with Gasteiger partial charge in [0.25, 0.3) is 0 Å². The van der Waals surface area contributed by atoms with Crippen LogP contribution in [-0.4, -0.2) is 26.1 Å².